The van der Waals surface area contributed by atoms with E-state index in [9.17, 15) is 5.11 Å². The lowest BCUT2D eigenvalue weighted by Crippen LogP contribution is -2.47. The van der Waals surface area contributed by atoms with Crippen LogP contribution in [0.5, 0.6) is 0 Å². The van der Waals surface area contributed by atoms with Crippen LogP contribution in [0.3, 0.4) is 0 Å². The van der Waals surface area contributed by atoms with Crippen LogP contribution < -0.4 is 0 Å². The lowest BCUT2D eigenvalue weighted by Gasteiger charge is -2.38. The predicted molar refractivity (Wildman–Crippen MR) is 105 cm³/mol. The van der Waals surface area contributed by atoms with Gasteiger partial charge in [-0.05, 0) is 36.6 Å². The van der Waals surface area contributed by atoms with Gasteiger partial charge in [-0.2, -0.15) is 0 Å². The van der Waals surface area contributed by atoms with E-state index in [4.69, 9.17) is 15.0 Å². The highest BCUT2D eigenvalue weighted by atomic mass is 32.2. The lowest BCUT2D eigenvalue weighted by molar-refractivity contribution is -0.141. The van der Waals surface area contributed by atoms with Crippen molar-refractivity contribution in [1.29, 1.82) is 0 Å². The van der Waals surface area contributed by atoms with E-state index in [2.05, 4.69) is 10.0 Å². The number of ether oxygens (including phenoxy) is 2. The molecular formula is C20H23N3O3S. The molecule has 7 heteroatoms. The number of nitrogens with zero attached hydrogens (tertiary/aromatic N) is 3. The number of hydrogen-bond donors (Lipinski definition) is 1. The van der Waals surface area contributed by atoms with Crippen molar-refractivity contribution in [2.24, 2.45) is 5.11 Å². The van der Waals surface area contributed by atoms with Crippen LogP contribution in [0.4, 0.5) is 0 Å². The summed E-state index contributed by atoms with van der Waals surface area (Å²) in [6, 6.07) is 17.6. The van der Waals surface area contributed by atoms with E-state index in [-0.39, 0.29) is 24.2 Å². The zero-order valence-corrected chi connectivity index (χ0v) is 16.0. The van der Waals surface area contributed by atoms with Crippen LogP contribution in [0.25, 0.3) is 10.4 Å². The molecule has 6 nitrogen and oxygen atoms in total. The fourth-order valence-corrected chi connectivity index (χ4v) is 4.07. The van der Waals surface area contributed by atoms with Crippen molar-refractivity contribution < 1.29 is 14.6 Å². The van der Waals surface area contributed by atoms with E-state index < -0.39 is 6.10 Å². The van der Waals surface area contributed by atoms with Crippen molar-refractivity contribution in [3.63, 3.8) is 0 Å². The maximum atomic E-state index is 9.78. The number of benzene rings is 2. The predicted octanol–water partition coefficient (Wildman–Crippen LogP) is 4.46. The topological polar surface area (TPSA) is 87.5 Å². The zero-order chi connectivity index (χ0) is 19.1. The summed E-state index contributed by atoms with van der Waals surface area (Å²) in [6.07, 6.45) is -0.284. The van der Waals surface area contributed by atoms with Gasteiger partial charge in [0.25, 0.3) is 0 Å². The Balaban J connectivity index is 1.68. The summed E-state index contributed by atoms with van der Waals surface area (Å²) in [4.78, 5) is 4.01. The minimum absolute atomic E-state index is 0.145. The SMILES string of the molecule is Cc1ccc(SC2O[C@H](CO)[C@@H](OCc3ccccc3)CC2N=[N+]=[N-])cc1. The van der Waals surface area contributed by atoms with Gasteiger partial charge in [-0.1, -0.05) is 64.9 Å². The molecule has 1 heterocycles. The molecule has 0 spiro atoms. The van der Waals surface area contributed by atoms with Gasteiger partial charge in [0, 0.05) is 9.81 Å². The molecule has 1 saturated heterocycles. The van der Waals surface area contributed by atoms with E-state index in [1.54, 1.807) is 0 Å². The molecule has 142 valence electrons. The van der Waals surface area contributed by atoms with Gasteiger partial charge in [-0.15, -0.1) is 0 Å². The molecular weight excluding hydrogens is 362 g/mol. The Morgan fingerprint density at radius 2 is 1.96 bits per heavy atom. The Labute approximate surface area is 163 Å². The van der Waals surface area contributed by atoms with Gasteiger partial charge in [0.15, 0.2) is 0 Å². The van der Waals surface area contributed by atoms with Crippen LogP contribution in [0.1, 0.15) is 17.5 Å². The third-order valence-electron chi connectivity index (χ3n) is 4.47. The smallest absolute Gasteiger partial charge is 0.116 e. The van der Waals surface area contributed by atoms with Crippen LogP contribution in [0.15, 0.2) is 64.6 Å². The number of aliphatic hydroxyl groups is 1. The second kappa shape index (κ2) is 9.78. The van der Waals surface area contributed by atoms with Gasteiger partial charge in [0.1, 0.15) is 11.5 Å². The minimum atomic E-state index is -0.457. The minimum Gasteiger partial charge on any atom is -0.394 e. The number of aliphatic hydroxyl groups excluding tert-OH is 1. The molecule has 27 heavy (non-hydrogen) atoms. The molecule has 1 N–H and O–H groups in total. The van der Waals surface area contributed by atoms with Crippen LogP contribution in [0, 0.1) is 6.92 Å². The molecule has 1 aliphatic heterocycles. The van der Waals surface area contributed by atoms with Crippen LogP contribution in [-0.2, 0) is 16.1 Å². The second-order valence-electron chi connectivity index (χ2n) is 6.50. The lowest BCUT2D eigenvalue weighted by atomic mass is 10.0. The molecule has 1 fully saturated rings. The standard InChI is InChI=1S/C20H23N3O3S/c1-14-7-9-16(10-8-14)27-20-17(22-23-21)11-18(19(12-24)26-20)25-13-15-5-3-2-4-6-15/h2-10,17-20,24H,11-13H2,1H3/t17?,18-,19+,20?/m0/s1. The fraction of sp³-hybridized carbons (Fsp3) is 0.400. The summed E-state index contributed by atoms with van der Waals surface area (Å²) >= 11 is 1.50. The summed E-state index contributed by atoms with van der Waals surface area (Å²) in [5.41, 5.74) is 10.8. The Kier molecular flexibility index (Phi) is 7.15. The van der Waals surface area contributed by atoms with E-state index >= 15 is 0 Å². The Morgan fingerprint density at radius 3 is 2.63 bits per heavy atom. The Morgan fingerprint density at radius 1 is 1.22 bits per heavy atom. The monoisotopic (exact) mass is 385 g/mol. The summed E-state index contributed by atoms with van der Waals surface area (Å²) < 4.78 is 12.0. The second-order valence-corrected chi connectivity index (χ2v) is 7.67. The Hall–Kier alpha value is -2.02. The first-order valence-electron chi connectivity index (χ1n) is 8.89. The number of hydrogen-bond acceptors (Lipinski definition) is 5. The largest absolute Gasteiger partial charge is 0.394 e. The van der Waals surface area contributed by atoms with Crippen LogP contribution >= 0.6 is 11.8 Å². The number of rotatable bonds is 7. The quantitative estimate of drug-likeness (QED) is 0.433. The van der Waals surface area contributed by atoms with E-state index in [1.165, 1.54) is 17.3 Å². The third kappa shape index (κ3) is 5.48. The molecule has 0 amide bonds. The first kappa shape index (κ1) is 19.7. The first-order chi connectivity index (χ1) is 13.2. The highest BCUT2D eigenvalue weighted by molar-refractivity contribution is 7.99. The van der Waals surface area contributed by atoms with Crippen molar-refractivity contribution in [3.05, 3.63) is 76.2 Å². The van der Waals surface area contributed by atoms with Crippen LogP contribution in [-0.4, -0.2) is 35.4 Å². The first-order valence-corrected chi connectivity index (χ1v) is 9.77. The maximum absolute atomic E-state index is 9.78. The van der Waals surface area contributed by atoms with Crippen molar-refractivity contribution in [2.75, 3.05) is 6.61 Å². The average Bonchev–Trinajstić information content (AvgIpc) is 2.70. The highest BCUT2D eigenvalue weighted by Crippen LogP contribution is 2.36. The Bertz CT molecular complexity index is 766. The van der Waals surface area contributed by atoms with E-state index in [0.29, 0.717) is 13.0 Å². The zero-order valence-electron chi connectivity index (χ0n) is 15.1. The molecule has 2 unspecified atom stereocenters. The maximum Gasteiger partial charge on any atom is 0.116 e. The average molecular weight is 385 g/mol. The molecule has 0 aromatic heterocycles. The van der Waals surface area contributed by atoms with Crippen molar-refractivity contribution in [1.82, 2.24) is 0 Å². The molecule has 0 aliphatic carbocycles. The van der Waals surface area contributed by atoms with Gasteiger partial charge in [0.2, 0.25) is 0 Å². The van der Waals surface area contributed by atoms with Crippen molar-refractivity contribution in [3.8, 4) is 0 Å². The van der Waals surface area contributed by atoms with Gasteiger partial charge in [0.05, 0.1) is 25.4 Å². The van der Waals surface area contributed by atoms with Gasteiger partial charge < -0.3 is 14.6 Å². The third-order valence-corrected chi connectivity index (χ3v) is 5.67. The number of thioether (sulfide) groups is 1. The fourth-order valence-electron chi connectivity index (χ4n) is 2.99. The van der Waals surface area contributed by atoms with Gasteiger partial charge in [-0.25, -0.2) is 0 Å². The molecule has 2 aromatic carbocycles. The highest BCUT2D eigenvalue weighted by Gasteiger charge is 2.38. The summed E-state index contributed by atoms with van der Waals surface area (Å²) in [7, 11) is 0. The molecule has 3 rings (SSSR count). The van der Waals surface area contributed by atoms with Gasteiger partial charge >= 0.3 is 0 Å². The normalized spacial score (nSPS) is 25.0. The molecule has 4 atom stereocenters. The molecule has 0 bridgehead atoms. The summed E-state index contributed by atoms with van der Waals surface area (Å²) in [5, 5.41) is 13.7. The number of azide groups is 1. The molecule has 0 saturated carbocycles. The van der Waals surface area contributed by atoms with Crippen molar-refractivity contribution in [2.45, 2.75) is 48.5 Å². The number of aryl methyl sites for hydroxylation is 1. The molecule has 2 aromatic rings. The molecule has 0 radical (unpaired) electrons. The van der Waals surface area contributed by atoms with Crippen LogP contribution in [0.2, 0.25) is 0 Å². The summed E-state index contributed by atoms with van der Waals surface area (Å²) in [5.74, 6) is 0. The van der Waals surface area contributed by atoms with E-state index in [1.807, 2.05) is 61.5 Å². The van der Waals surface area contributed by atoms with E-state index in [0.717, 1.165) is 10.5 Å². The van der Waals surface area contributed by atoms with Gasteiger partial charge in [-0.3, -0.25) is 0 Å². The summed E-state index contributed by atoms with van der Waals surface area (Å²) in [6.45, 7) is 2.31. The molecule has 1 aliphatic rings. The van der Waals surface area contributed by atoms with Crippen molar-refractivity contribution >= 4 is 11.8 Å².